The molecule has 0 radical (unpaired) electrons. The topological polar surface area (TPSA) is 35.8 Å². The molecule has 0 saturated heterocycles. The number of anilines is 1. The largest absolute Gasteiger partial charge is 0.337 e. The van der Waals surface area contributed by atoms with Gasteiger partial charge in [-0.3, -0.25) is 0 Å². The van der Waals surface area contributed by atoms with E-state index in [0.29, 0.717) is 15.7 Å². The van der Waals surface area contributed by atoms with Crippen molar-refractivity contribution < 1.29 is 0 Å². The lowest BCUT2D eigenvalue weighted by molar-refractivity contribution is 1.54. The highest BCUT2D eigenvalue weighted by atomic mass is 35.5. The summed E-state index contributed by atoms with van der Waals surface area (Å²) in [7, 11) is 0. The average molecular weight is 231 g/mol. The lowest BCUT2D eigenvalue weighted by Crippen LogP contribution is -2.05. The van der Waals surface area contributed by atoms with Crippen molar-refractivity contribution in [2.75, 3.05) is 5.32 Å². The molecule has 0 aliphatic carbocycles. The van der Waals surface area contributed by atoms with Gasteiger partial charge in [0, 0.05) is 5.02 Å². The Bertz CT molecular complexity index is 384. The Balaban J connectivity index is 2.91. The molecule has 0 atom stereocenters. The zero-order chi connectivity index (χ0) is 9.84. The molecule has 1 aromatic rings. The molecule has 1 N–H and O–H groups in total. The van der Waals surface area contributed by atoms with Crippen LogP contribution >= 0.6 is 35.4 Å². The van der Waals surface area contributed by atoms with Crippen LogP contribution in [0.1, 0.15) is 0 Å². The van der Waals surface area contributed by atoms with E-state index in [-0.39, 0.29) is 4.99 Å². The van der Waals surface area contributed by atoms with Gasteiger partial charge in [0.1, 0.15) is 6.07 Å². The van der Waals surface area contributed by atoms with Crippen LogP contribution in [0.5, 0.6) is 0 Å². The highest BCUT2D eigenvalue weighted by Gasteiger charge is 2.01. The van der Waals surface area contributed by atoms with Crippen LogP contribution in [0.2, 0.25) is 10.0 Å². The quantitative estimate of drug-likeness (QED) is 0.753. The molecule has 2 nitrogen and oxygen atoms in total. The Morgan fingerprint density at radius 1 is 1.46 bits per heavy atom. The minimum absolute atomic E-state index is 0.0734. The second kappa shape index (κ2) is 4.43. The number of rotatable bonds is 1. The fourth-order valence-corrected chi connectivity index (χ4v) is 1.31. The first kappa shape index (κ1) is 10.3. The van der Waals surface area contributed by atoms with E-state index in [1.165, 1.54) is 0 Å². The van der Waals surface area contributed by atoms with Gasteiger partial charge in [0.25, 0.3) is 0 Å². The summed E-state index contributed by atoms with van der Waals surface area (Å²) in [5.74, 6) is 0. The Morgan fingerprint density at radius 2 is 2.15 bits per heavy atom. The summed E-state index contributed by atoms with van der Waals surface area (Å²) >= 11 is 16.2. The van der Waals surface area contributed by atoms with E-state index in [2.05, 4.69) is 17.5 Å². The van der Waals surface area contributed by atoms with E-state index < -0.39 is 0 Å². The zero-order valence-electron chi connectivity index (χ0n) is 6.34. The zero-order valence-corrected chi connectivity index (χ0v) is 8.67. The molecule has 0 saturated carbocycles. The van der Waals surface area contributed by atoms with Crippen LogP contribution in [0.25, 0.3) is 0 Å². The maximum Gasteiger partial charge on any atom is 0.182 e. The Hall–Kier alpha value is -0.820. The van der Waals surface area contributed by atoms with E-state index in [1.807, 2.05) is 0 Å². The molecule has 0 fully saturated rings. The summed E-state index contributed by atoms with van der Waals surface area (Å²) < 4.78 is 0. The van der Waals surface area contributed by atoms with Crippen molar-refractivity contribution in [3.05, 3.63) is 28.2 Å². The smallest absolute Gasteiger partial charge is 0.182 e. The molecular formula is C8H4Cl2N2S. The maximum absolute atomic E-state index is 8.42. The number of nitriles is 1. The van der Waals surface area contributed by atoms with Gasteiger partial charge in [-0.25, -0.2) is 0 Å². The molecule has 0 spiro atoms. The average Bonchev–Trinajstić information content (AvgIpc) is 2.09. The van der Waals surface area contributed by atoms with Crippen molar-refractivity contribution in [2.45, 2.75) is 0 Å². The van der Waals surface area contributed by atoms with Gasteiger partial charge in [-0.2, -0.15) is 5.26 Å². The normalized spacial score (nSPS) is 9.00. The van der Waals surface area contributed by atoms with Crippen LogP contribution in [0.15, 0.2) is 18.2 Å². The van der Waals surface area contributed by atoms with Crippen molar-refractivity contribution in [3.8, 4) is 6.07 Å². The van der Waals surface area contributed by atoms with Gasteiger partial charge in [-0.1, -0.05) is 23.2 Å². The summed E-state index contributed by atoms with van der Waals surface area (Å²) in [5, 5.41) is 12.1. The number of benzene rings is 1. The predicted octanol–water partition coefficient (Wildman–Crippen LogP) is 3.26. The molecule has 0 heterocycles. The monoisotopic (exact) mass is 230 g/mol. The van der Waals surface area contributed by atoms with E-state index in [4.69, 9.17) is 28.5 Å². The van der Waals surface area contributed by atoms with Gasteiger partial charge >= 0.3 is 0 Å². The fourth-order valence-electron chi connectivity index (χ4n) is 0.741. The van der Waals surface area contributed by atoms with Crippen molar-refractivity contribution in [1.29, 1.82) is 5.26 Å². The third kappa shape index (κ3) is 2.85. The SMILES string of the molecule is N#CC(=S)Nc1ccc(Cl)cc1Cl. The highest BCUT2D eigenvalue weighted by molar-refractivity contribution is 7.81. The van der Waals surface area contributed by atoms with Crippen LogP contribution in [-0.4, -0.2) is 4.99 Å². The van der Waals surface area contributed by atoms with Crippen molar-refractivity contribution in [1.82, 2.24) is 0 Å². The number of halogens is 2. The molecular weight excluding hydrogens is 227 g/mol. The summed E-state index contributed by atoms with van der Waals surface area (Å²) in [5.41, 5.74) is 0.581. The molecule has 0 aliphatic rings. The third-order valence-corrected chi connectivity index (χ3v) is 2.02. The first-order valence-corrected chi connectivity index (χ1v) is 4.46. The summed E-state index contributed by atoms with van der Waals surface area (Å²) in [4.78, 5) is 0.0734. The van der Waals surface area contributed by atoms with Crippen molar-refractivity contribution >= 4 is 46.1 Å². The standard InChI is InChI=1S/C8H4Cl2N2S/c9-5-1-2-7(6(10)3-5)12-8(13)4-11/h1-3H,(H,12,13). The summed E-state index contributed by atoms with van der Waals surface area (Å²) in [6, 6.07) is 6.68. The van der Waals surface area contributed by atoms with Crippen molar-refractivity contribution in [2.24, 2.45) is 0 Å². The molecule has 66 valence electrons. The second-order valence-corrected chi connectivity index (χ2v) is 3.44. The van der Waals surface area contributed by atoms with E-state index in [9.17, 15) is 0 Å². The Morgan fingerprint density at radius 3 is 2.69 bits per heavy atom. The fraction of sp³-hybridized carbons (Fsp3) is 0. The van der Waals surface area contributed by atoms with Gasteiger partial charge in [0.2, 0.25) is 0 Å². The summed E-state index contributed by atoms with van der Waals surface area (Å²) in [6.45, 7) is 0. The molecule has 5 heteroatoms. The lowest BCUT2D eigenvalue weighted by Gasteiger charge is -2.04. The van der Waals surface area contributed by atoms with E-state index >= 15 is 0 Å². The Kier molecular flexibility index (Phi) is 3.49. The Labute approximate surface area is 91.1 Å². The number of hydrogen-bond acceptors (Lipinski definition) is 2. The molecule has 0 bridgehead atoms. The van der Waals surface area contributed by atoms with Crippen LogP contribution in [0, 0.1) is 11.3 Å². The van der Waals surface area contributed by atoms with Gasteiger partial charge in [-0.15, -0.1) is 0 Å². The van der Waals surface area contributed by atoms with Gasteiger partial charge in [-0.05, 0) is 30.4 Å². The molecule has 0 amide bonds. The molecule has 1 aromatic carbocycles. The number of thiocarbonyl (C=S) groups is 1. The van der Waals surface area contributed by atoms with Gasteiger partial charge in [0.15, 0.2) is 4.99 Å². The third-order valence-electron chi connectivity index (χ3n) is 1.28. The van der Waals surface area contributed by atoms with E-state index in [1.54, 1.807) is 24.3 Å². The van der Waals surface area contributed by atoms with Crippen LogP contribution < -0.4 is 5.32 Å². The second-order valence-electron chi connectivity index (χ2n) is 2.19. The van der Waals surface area contributed by atoms with Crippen LogP contribution in [-0.2, 0) is 0 Å². The van der Waals surface area contributed by atoms with Gasteiger partial charge in [0.05, 0.1) is 10.7 Å². The minimum Gasteiger partial charge on any atom is -0.337 e. The molecule has 1 rings (SSSR count). The number of hydrogen-bond donors (Lipinski definition) is 1. The van der Waals surface area contributed by atoms with Crippen LogP contribution in [0.4, 0.5) is 5.69 Å². The lowest BCUT2D eigenvalue weighted by atomic mass is 10.3. The highest BCUT2D eigenvalue weighted by Crippen LogP contribution is 2.25. The van der Waals surface area contributed by atoms with Crippen molar-refractivity contribution in [3.63, 3.8) is 0 Å². The molecule has 0 aromatic heterocycles. The molecule has 13 heavy (non-hydrogen) atoms. The minimum atomic E-state index is 0.0734. The summed E-state index contributed by atoms with van der Waals surface area (Å²) in [6.07, 6.45) is 0. The maximum atomic E-state index is 8.42. The van der Waals surface area contributed by atoms with Crippen LogP contribution in [0.3, 0.4) is 0 Å². The van der Waals surface area contributed by atoms with E-state index in [0.717, 1.165) is 0 Å². The first-order valence-electron chi connectivity index (χ1n) is 3.29. The molecule has 0 unspecified atom stereocenters. The number of nitrogens with zero attached hydrogens (tertiary/aromatic N) is 1. The number of nitrogens with one attached hydrogen (secondary N) is 1. The predicted molar refractivity (Wildman–Crippen MR) is 58.3 cm³/mol. The first-order chi connectivity index (χ1) is 6.13. The molecule has 0 aliphatic heterocycles. The van der Waals surface area contributed by atoms with Gasteiger partial charge < -0.3 is 5.32 Å².